The molecule has 9 heteroatoms. The minimum Gasteiger partial charge on any atom is -0.375 e. The standard InChI is InChI=1S/C18H20N4O5/c1-12(2)8-18(23)20-14-5-3-4-13(9-14)11-19-16-7-6-15(21(24)25)10-17(16)22(26)27/h3-7,9-10,12,19H,8,11H2,1-2H3,(H,20,23). The van der Waals surface area contributed by atoms with Crippen LogP contribution in [0.2, 0.25) is 0 Å². The number of nitro groups is 2. The van der Waals surface area contributed by atoms with Gasteiger partial charge in [0.1, 0.15) is 5.69 Å². The summed E-state index contributed by atoms with van der Waals surface area (Å²) in [5, 5.41) is 27.7. The molecule has 2 N–H and O–H groups in total. The number of nitro benzene ring substituents is 2. The Balaban J connectivity index is 2.10. The van der Waals surface area contributed by atoms with E-state index in [1.165, 1.54) is 12.1 Å². The van der Waals surface area contributed by atoms with E-state index in [0.717, 1.165) is 11.6 Å². The van der Waals surface area contributed by atoms with E-state index in [4.69, 9.17) is 0 Å². The minimum atomic E-state index is -0.680. The Morgan fingerprint density at radius 1 is 1.07 bits per heavy atom. The van der Waals surface area contributed by atoms with Crippen molar-refractivity contribution in [3.8, 4) is 0 Å². The molecule has 0 radical (unpaired) electrons. The average molecular weight is 372 g/mol. The van der Waals surface area contributed by atoms with Crippen LogP contribution in [-0.4, -0.2) is 15.8 Å². The lowest BCUT2D eigenvalue weighted by molar-refractivity contribution is -0.393. The van der Waals surface area contributed by atoms with Gasteiger partial charge < -0.3 is 10.6 Å². The summed E-state index contributed by atoms with van der Waals surface area (Å²) in [6.07, 6.45) is 0.414. The zero-order valence-corrected chi connectivity index (χ0v) is 15.0. The molecular weight excluding hydrogens is 352 g/mol. The number of hydrogen-bond acceptors (Lipinski definition) is 6. The van der Waals surface area contributed by atoms with Gasteiger partial charge in [0.25, 0.3) is 11.4 Å². The Morgan fingerprint density at radius 3 is 2.44 bits per heavy atom. The van der Waals surface area contributed by atoms with Crippen LogP contribution in [0.5, 0.6) is 0 Å². The van der Waals surface area contributed by atoms with Gasteiger partial charge >= 0.3 is 0 Å². The van der Waals surface area contributed by atoms with Gasteiger partial charge in [0.05, 0.1) is 15.9 Å². The van der Waals surface area contributed by atoms with Crippen molar-refractivity contribution >= 4 is 28.7 Å². The lowest BCUT2D eigenvalue weighted by atomic mass is 10.1. The highest BCUT2D eigenvalue weighted by molar-refractivity contribution is 5.90. The maximum absolute atomic E-state index is 11.9. The van der Waals surface area contributed by atoms with Gasteiger partial charge in [-0.2, -0.15) is 0 Å². The molecule has 2 rings (SSSR count). The molecule has 0 aliphatic carbocycles. The van der Waals surface area contributed by atoms with Crippen LogP contribution in [0.1, 0.15) is 25.8 Å². The second-order valence-corrected chi connectivity index (χ2v) is 6.42. The van der Waals surface area contributed by atoms with E-state index in [0.29, 0.717) is 12.1 Å². The van der Waals surface area contributed by atoms with Crippen LogP contribution in [0.3, 0.4) is 0 Å². The van der Waals surface area contributed by atoms with Crippen molar-refractivity contribution in [2.45, 2.75) is 26.8 Å². The molecule has 0 fully saturated rings. The monoisotopic (exact) mass is 372 g/mol. The highest BCUT2D eigenvalue weighted by atomic mass is 16.6. The van der Waals surface area contributed by atoms with E-state index in [9.17, 15) is 25.0 Å². The fraction of sp³-hybridized carbons (Fsp3) is 0.278. The van der Waals surface area contributed by atoms with Gasteiger partial charge in [0, 0.05) is 24.7 Å². The molecule has 9 nitrogen and oxygen atoms in total. The van der Waals surface area contributed by atoms with E-state index in [2.05, 4.69) is 10.6 Å². The molecule has 0 bridgehead atoms. The first kappa shape index (κ1) is 19.8. The quantitative estimate of drug-likeness (QED) is 0.530. The topological polar surface area (TPSA) is 127 Å². The fourth-order valence-corrected chi connectivity index (χ4v) is 2.47. The maximum atomic E-state index is 11.9. The molecule has 0 aliphatic rings. The van der Waals surface area contributed by atoms with Crippen molar-refractivity contribution in [1.29, 1.82) is 0 Å². The summed E-state index contributed by atoms with van der Waals surface area (Å²) >= 11 is 0. The second kappa shape index (κ2) is 8.75. The molecule has 0 atom stereocenters. The largest absolute Gasteiger partial charge is 0.375 e. The van der Waals surface area contributed by atoms with Crippen LogP contribution < -0.4 is 10.6 Å². The molecule has 0 spiro atoms. The second-order valence-electron chi connectivity index (χ2n) is 6.42. The summed E-state index contributed by atoms with van der Waals surface area (Å²) in [5.74, 6) is 0.165. The molecule has 0 saturated carbocycles. The predicted octanol–water partition coefficient (Wildman–Crippen LogP) is 4.10. The number of benzene rings is 2. The van der Waals surface area contributed by atoms with Gasteiger partial charge in [0.2, 0.25) is 5.91 Å². The van der Waals surface area contributed by atoms with Crippen molar-refractivity contribution in [2.75, 3.05) is 10.6 Å². The minimum absolute atomic E-state index is 0.0823. The zero-order chi connectivity index (χ0) is 20.0. The molecule has 0 aromatic heterocycles. The Bertz CT molecular complexity index is 867. The molecule has 27 heavy (non-hydrogen) atoms. The van der Waals surface area contributed by atoms with Gasteiger partial charge in [-0.3, -0.25) is 25.0 Å². The number of carbonyl (C=O) groups is 1. The van der Waals surface area contributed by atoms with Crippen LogP contribution >= 0.6 is 0 Å². The third-order valence-corrected chi connectivity index (χ3v) is 3.68. The zero-order valence-electron chi connectivity index (χ0n) is 15.0. The number of amides is 1. The van der Waals surface area contributed by atoms with Crippen LogP contribution in [-0.2, 0) is 11.3 Å². The molecule has 2 aromatic carbocycles. The van der Waals surface area contributed by atoms with E-state index in [1.807, 2.05) is 19.9 Å². The van der Waals surface area contributed by atoms with Gasteiger partial charge in [-0.05, 0) is 29.7 Å². The highest BCUT2D eigenvalue weighted by Crippen LogP contribution is 2.29. The summed E-state index contributed by atoms with van der Waals surface area (Å²) < 4.78 is 0. The lowest BCUT2D eigenvalue weighted by Gasteiger charge is -2.10. The molecule has 0 heterocycles. The molecule has 1 amide bonds. The van der Waals surface area contributed by atoms with E-state index < -0.39 is 9.85 Å². The van der Waals surface area contributed by atoms with Crippen LogP contribution in [0.4, 0.5) is 22.7 Å². The summed E-state index contributed by atoms with van der Waals surface area (Å²) in [7, 11) is 0. The third kappa shape index (κ3) is 5.77. The first-order valence-corrected chi connectivity index (χ1v) is 8.31. The number of non-ortho nitro benzene ring substituents is 1. The van der Waals surface area contributed by atoms with Crippen molar-refractivity contribution < 1.29 is 14.6 Å². The van der Waals surface area contributed by atoms with Gasteiger partial charge in [0.15, 0.2) is 0 Å². The normalized spacial score (nSPS) is 10.5. The first-order valence-electron chi connectivity index (χ1n) is 8.31. The lowest BCUT2D eigenvalue weighted by Crippen LogP contribution is -2.14. The van der Waals surface area contributed by atoms with Crippen LogP contribution in [0.15, 0.2) is 42.5 Å². The Labute approximate surface area is 155 Å². The summed E-state index contributed by atoms with van der Waals surface area (Å²) in [6.45, 7) is 4.17. The Hall–Kier alpha value is -3.49. The maximum Gasteiger partial charge on any atom is 0.299 e. The van der Waals surface area contributed by atoms with Crippen LogP contribution in [0.25, 0.3) is 0 Å². The average Bonchev–Trinajstić information content (AvgIpc) is 2.59. The highest BCUT2D eigenvalue weighted by Gasteiger charge is 2.19. The molecule has 0 saturated heterocycles. The molecular formula is C18H20N4O5. The van der Waals surface area contributed by atoms with E-state index in [-0.39, 0.29) is 35.4 Å². The summed E-state index contributed by atoms with van der Waals surface area (Å²) in [6, 6.07) is 10.5. The Morgan fingerprint density at radius 2 is 1.81 bits per heavy atom. The van der Waals surface area contributed by atoms with Crippen molar-refractivity contribution in [2.24, 2.45) is 5.92 Å². The molecule has 142 valence electrons. The van der Waals surface area contributed by atoms with Crippen molar-refractivity contribution in [3.63, 3.8) is 0 Å². The SMILES string of the molecule is CC(C)CC(=O)Nc1cccc(CNc2ccc([N+](=O)[O-])cc2[N+](=O)[O-])c1. The molecule has 0 aliphatic heterocycles. The smallest absolute Gasteiger partial charge is 0.299 e. The van der Waals surface area contributed by atoms with Gasteiger partial charge in [-0.25, -0.2) is 0 Å². The fourth-order valence-electron chi connectivity index (χ4n) is 2.47. The number of rotatable bonds is 8. The summed E-state index contributed by atoms with van der Waals surface area (Å²) in [4.78, 5) is 32.5. The number of anilines is 2. The van der Waals surface area contributed by atoms with Gasteiger partial charge in [-0.1, -0.05) is 26.0 Å². The number of hydrogen-bond donors (Lipinski definition) is 2. The van der Waals surface area contributed by atoms with Crippen molar-refractivity contribution in [1.82, 2.24) is 0 Å². The molecule has 0 unspecified atom stereocenters. The summed E-state index contributed by atoms with van der Waals surface area (Å²) in [5.41, 5.74) is 0.899. The number of nitrogens with zero attached hydrogens (tertiary/aromatic N) is 2. The number of nitrogens with one attached hydrogen (secondary N) is 2. The van der Waals surface area contributed by atoms with E-state index >= 15 is 0 Å². The van der Waals surface area contributed by atoms with Crippen molar-refractivity contribution in [3.05, 3.63) is 68.3 Å². The third-order valence-electron chi connectivity index (χ3n) is 3.68. The predicted molar refractivity (Wildman–Crippen MR) is 102 cm³/mol. The van der Waals surface area contributed by atoms with Crippen LogP contribution in [0, 0.1) is 26.1 Å². The first-order chi connectivity index (χ1) is 12.8. The van der Waals surface area contributed by atoms with Gasteiger partial charge in [-0.15, -0.1) is 0 Å². The van der Waals surface area contributed by atoms with E-state index in [1.54, 1.807) is 18.2 Å². The molecule has 2 aromatic rings. The number of carbonyl (C=O) groups excluding carboxylic acids is 1. The Kier molecular flexibility index (Phi) is 6.42.